The molecule has 164 valence electrons. The molecule has 0 saturated heterocycles. The van der Waals surface area contributed by atoms with E-state index in [1.165, 1.54) is 0 Å². The molecule has 6 heteroatoms. The largest absolute Gasteiger partial charge is 0.497 e. The van der Waals surface area contributed by atoms with Crippen molar-refractivity contribution in [3.8, 4) is 5.75 Å². The minimum Gasteiger partial charge on any atom is -0.497 e. The molecule has 0 bridgehead atoms. The molecule has 0 spiro atoms. The van der Waals surface area contributed by atoms with Crippen molar-refractivity contribution in [2.75, 3.05) is 32.7 Å². The number of hydrogen-bond acceptors (Lipinski definition) is 4. The number of nitrogens with one attached hydrogen (secondary N) is 2. The minimum atomic E-state index is -0.316. The van der Waals surface area contributed by atoms with Crippen molar-refractivity contribution in [3.63, 3.8) is 0 Å². The van der Waals surface area contributed by atoms with Crippen LogP contribution in [0.25, 0.3) is 11.6 Å². The van der Waals surface area contributed by atoms with E-state index in [1.807, 2.05) is 60.7 Å². The van der Waals surface area contributed by atoms with Crippen LogP contribution in [0, 0.1) is 0 Å². The number of amides is 2. The Hall–Kier alpha value is -3.90. The van der Waals surface area contributed by atoms with Crippen molar-refractivity contribution in [1.29, 1.82) is 0 Å². The summed E-state index contributed by atoms with van der Waals surface area (Å²) in [5.74, 6) is 0.142. The van der Waals surface area contributed by atoms with E-state index in [1.54, 1.807) is 38.5 Å². The Morgan fingerprint density at radius 1 is 0.875 bits per heavy atom. The predicted molar refractivity (Wildman–Crippen MR) is 127 cm³/mol. The highest BCUT2D eigenvalue weighted by Gasteiger charge is 2.17. The first-order valence-electron chi connectivity index (χ1n) is 10.2. The zero-order valence-electron chi connectivity index (χ0n) is 18.1. The van der Waals surface area contributed by atoms with E-state index >= 15 is 0 Å². The SMILES string of the molecule is COCCNC(=O)c1ccccc1NC(=O)/C(=C/c1ccc(OC)cc1)c1ccccc1. The Labute approximate surface area is 187 Å². The molecular formula is C26H26N2O4. The van der Waals surface area contributed by atoms with Gasteiger partial charge in [-0.1, -0.05) is 54.6 Å². The third-order valence-electron chi connectivity index (χ3n) is 4.77. The summed E-state index contributed by atoms with van der Waals surface area (Å²) in [6.07, 6.45) is 1.81. The second-order valence-corrected chi connectivity index (χ2v) is 6.95. The molecule has 0 heterocycles. The van der Waals surface area contributed by atoms with Crippen LogP contribution < -0.4 is 15.4 Å². The molecule has 0 unspecified atom stereocenters. The first kappa shape index (κ1) is 22.8. The zero-order chi connectivity index (χ0) is 22.8. The molecule has 0 fully saturated rings. The van der Waals surface area contributed by atoms with Crippen LogP contribution in [0.15, 0.2) is 78.9 Å². The van der Waals surface area contributed by atoms with Gasteiger partial charge >= 0.3 is 0 Å². The maximum atomic E-state index is 13.3. The van der Waals surface area contributed by atoms with Gasteiger partial charge in [0, 0.05) is 19.2 Å². The van der Waals surface area contributed by atoms with Crippen molar-refractivity contribution < 1.29 is 19.1 Å². The van der Waals surface area contributed by atoms with E-state index in [-0.39, 0.29) is 11.8 Å². The van der Waals surface area contributed by atoms with Gasteiger partial charge in [-0.3, -0.25) is 9.59 Å². The van der Waals surface area contributed by atoms with Crippen molar-refractivity contribution >= 4 is 29.2 Å². The summed E-state index contributed by atoms with van der Waals surface area (Å²) in [6.45, 7) is 0.785. The molecule has 0 aromatic heterocycles. The first-order valence-corrected chi connectivity index (χ1v) is 10.2. The zero-order valence-corrected chi connectivity index (χ0v) is 18.1. The standard InChI is InChI=1S/C26H26N2O4/c1-31-17-16-27-25(29)22-10-6-7-11-24(22)28-26(30)23(20-8-4-3-5-9-20)18-19-12-14-21(32-2)15-13-19/h3-15,18H,16-17H2,1-2H3,(H,27,29)(H,28,30)/b23-18+. The number of hydrogen-bond donors (Lipinski definition) is 2. The molecule has 0 radical (unpaired) electrons. The summed E-state index contributed by atoms with van der Waals surface area (Å²) in [5.41, 5.74) is 2.91. The summed E-state index contributed by atoms with van der Waals surface area (Å²) >= 11 is 0. The molecule has 3 aromatic carbocycles. The first-order chi connectivity index (χ1) is 15.6. The Balaban J connectivity index is 1.90. The van der Waals surface area contributed by atoms with Crippen LogP contribution in [0.2, 0.25) is 0 Å². The normalized spacial score (nSPS) is 11.0. The summed E-state index contributed by atoms with van der Waals surface area (Å²) in [4.78, 5) is 25.9. The van der Waals surface area contributed by atoms with E-state index in [4.69, 9.17) is 9.47 Å². The minimum absolute atomic E-state index is 0.279. The van der Waals surface area contributed by atoms with Gasteiger partial charge in [0.25, 0.3) is 11.8 Å². The summed E-state index contributed by atoms with van der Waals surface area (Å²) in [5, 5.41) is 5.68. The van der Waals surface area contributed by atoms with E-state index in [2.05, 4.69) is 10.6 Å². The summed E-state index contributed by atoms with van der Waals surface area (Å²) < 4.78 is 10.2. The van der Waals surface area contributed by atoms with Gasteiger partial charge in [-0.05, 0) is 41.5 Å². The van der Waals surface area contributed by atoms with Gasteiger partial charge in [-0.25, -0.2) is 0 Å². The molecule has 2 amide bonds. The molecule has 3 rings (SSSR count). The Bertz CT molecular complexity index is 1080. The van der Waals surface area contributed by atoms with Crippen LogP contribution in [0.3, 0.4) is 0 Å². The number of ether oxygens (including phenoxy) is 2. The molecular weight excluding hydrogens is 404 g/mol. The van der Waals surface area contributed by atoms with Crippen LogP contribution in [-0.2, 0) is 9.53 Å². The summed E-state index contributed by atoms with van der Waals surface area (Å²) in [6, 6.07) is 23.7. The number of para-hydroxylation sites is 1. The van der Waals surface area contributed by atoms with Crippen molar-refractivity contribution in [1.82, 2.24) is 5.32 Å². The fourth-order valence-electron chi connectivity index (χ4n) is 3.11. The van der Waals surface area contributed by atoms with Crippen molar-refractivity contribution in [2.24, 2.45) is 0 Å². The number of anilines is 1. The third kappa shape index (κ3) is 6.06. The second kappa shape index (κ2) is 11.5. The predicted octanol–water partition coefficient (Wildman–Crippen LogP) is 4.25. The second-order valence-electron chi connectivity index (χ2n) is 6.95. The number of benzene rings is 3. The number of carbonyl (C=O) groups is 2. The van der Waals surface area contributed by atoms with Gasteiger partial charge in [0.2, 0.25) is 0 Å². The molecule has 0 aliphatic carbocycles. The highest BCUT2D eigenvalue weighted by Crippen LogP contribution is 2.23. The number of methoxy groups -OCH3 is 2. The number of rotatable bonds is 9. The van der Waals surface area contributed by atoms with E-state index in [0.29, 0.717) is 30.0 Å². The quantitative estimate of drug-likeness (QED) is 0.302. The Kier molecular flexibility index (Phi) is 8.17. The Morgan fingerprint density at radius 3 is 2.25 bits per heavy atom. The number of carbonyl (C=O) groups excluding carboxylic acids is 2. The fraction of sp³-hybridized carbons (Fsp3) is 0.154. The van der Waals surface area contributed by atoms with Crippen LogP contribution in [-0.4, -0.2) is 39.2 Å². The lowest BCUT2D eigenvalue weighted by atomic mass is 10.0. The molecule has 0 saturated carbocycles. The molecule has 32 heavy (non-hydrogen) atoms. The lowest BCUT2D eigenvalue weighted by Crippen LogP contribution is -2.28. The van der Waals surface area contributed by atoms with Crippen molar-refractivity contribution in [3.05, 3.63) is 95.6 Å². The average molecular weight is 431 g/mol. The molecule has 2 N–H and O–H groups in total. The molecule has 6 nitrogen and oxygen atoms in total. The summed E-state index contributed by atoms with van der Waals surface area (Å²) in [7, 11) is 3.18. The molecule has 0 aliphatic rings. The van der Waals surface area contributed by atoms with Crippen LogP contribution in [0.5, 0.6) is 5.75 Å². The lowest BCUT2D eigenvalue weighted by Gasteiger charge is -2.13. The highest BCUT2D eigenvalue weighted by atomic mass is 16.5. The molecule has 0 aliphatic heterocycles. The van der Waals surface area contributed by atoms with Crippen LogP contribution in [0.1, 0.15) is 21.5 Å². The van der Waals surface area contributed by atoms with E-state index in [0.717, 1.165) is 16.9 Å². The average Bonchev–Trinajstić information content (AvgIpc) is 2.83. The van der Waals surface area contributed by atoms with Crippen molar-refractivity contribution in [2.45, 2.75) is 0 Å². The van der Waals surface area contributed by atoms with Gasteiger partial charge in [0.05, 0.1) is 25.0 Å². The van der Waals surface area contributed by atoms with E-state index in [9.17, 15) is 9.59 Å². The van der Waals surface area contributed by atoms with Gasteiger partial charge in [0.1, 0.15) is 5.75 Å². The molecule has 3 aromatic rings. The topological polar surface area (TPSA) is 76.7 Å². The highest BCUT2D eigenvalue weighted by molar-refractivity contribution is 6.29. The van der Waals surface area contributed by atoms with Gasteiger partial charge in [-0.2, -0.15) is 0 Å². The fourth-order valence-corrected chi connectivity index (χ4v) is 3.11. The molecule has 0 atom stereocenters. The van der Waals surface area contributed by atoms with Gasteiger partial charge in [0.15, 0.2) is 0 Å². The smallest absolute Gasteiger partial charge is 0.256 e. The monoisotopic (exact) mass is 430 g/mol. The van der Waals surface area contributed by atoms with E-state index < -0.39 is 0 Å². The van der Waals surface area contributed by atoms with Gasteiger partial charge in [-0.15, -0.1) is 0 Å². The third-order valence-corrected chi connectivity index (χ3v) is 4.77. The van der Waals surface area contributed by atoms with Crippen LogP contribution in [0.4, 0.5) is 5.69 Å². The Morgan fingerprint density at radius 2 is 1.56 bits per heavy atom. The van der Waals surface area contributed by atoms with Gasteiger partial charge < -0.3 is 20.1 Å². The maximum Gasteiger partial charge on any atom is 0.256 e. The van der Waals surface area contributed by atoms with Crippen LogP contribution >= 0.6 is 0 Å². The maximum absolute atomic E-state index is 13.3. The lowest BCUT2D eigenvalue weighted by molar-refractivity contribution is -0.111.